The van der Waals surface area contributed by atoms with Crippen molar-refractivity contribution in [1.82, 2.24) is 0 Å². The number of hydrogen-bond acceptors (Lipinski definition) is 1. The Morgan fingerprint density at radius 3 is 2.69 bits per heavy atom. The van der Waals surface area contributed by atoms with Crippen molar-refractivity contribution in [1.29, 1.82) is 0 Å². The summed E-state index contributed by atoms with van der Waals surface area (Å²) in [5.41, 5.74) is 7.25. The van der Waals surface area contributed by atoms with Crippen molar-refractivity contribution in [3.05, 3.63) is 33.3 Å². The predicted octanol–water partition coefficient (Wildman–Crippen LogP) is 3.51. The van der Waals surface area contributed by atoms with Crippen molar-refractivity contribution in [3.8, 4) is 0 Å². The molecule has 1 aromatic carbocycles. The second-order valence-electron chi connectivity index (χ2n) is 3.53. The van der Waals surface area contributed by atoms with Gasteiger partial charge in [-0.05, 0) is 36.5 Å². The lowest BCUT2D eigenvalue weighted by atomic mass is 10.0. The largest absolute Gasteiger partial charge is 0.324 e. The van der Waals surface area contributed by atoms with E-state index in [-0.39, 0.29) is 6.04 Å². The highest BCUT2D eigenvalue weighted by Crippen LogP contribution is 2.41. The zero-order valence-corrected chi connectivity index (χ0v) is 9.48. The van der Waals surface area contributed by atoms with Gasteiger partial charge in [-0.1, -0.05) is 33.6 Å². The third-order valence-corrected chi connectivity index (χ3v) is 3.37. The second kappa shape index (κ2) is 3.60. The van der Waals surface area contributed by atoms with Gasteiger partial charge in [-0.3, -0.25) is 0 Å². The van der Waals surface area contributed by atoms with Crippen LogP contribution in [0.15, 0.2) is 22.7 Å². The molecule has 70 valence electrons. The number of halogens is 2. The maximum Gasteiger partial charge on any atom is 0.0417 e. The molecule has 1 aliphatic carbocycles. The van der Waals surface area contributed by atoms with Gasteiger partial charge in [0, 0.05) is 15.5 Å². The molecular weight excluding hydrogens is 249 g/mol. The first-order valence-corrected chi connectivity index (χ1v) is 5.56. The minimum atomic E-state index is 0.173. The normalized spacial score (nSPS) is 18.7. The second-order valence-corrected chi connectivity index (χ2v) is 4.82. The summed E-state index contributed by atoms with van der Waals surface area (Å²) >= 11 is 9.33. The number of hydrogen-bond donors (Lipinski definition) is 1. The fraction of sp³-hybridized carbons (Fsp3) is 0.400. The fourth-order valence-corrected chi connectivity index (χ4v) is 2.43. The van der Waals surface area contributed by atoms with Crippen LogP contribution in [0.5, 0.6) is 0 Å². The van der Waals surface area contributed by atoms with Crippen molar-refractivity contribution in [2.45, 2.75) is 18.9 Å². The van der Waals surface area contributed by atoms with Crippen LogP contribution >= 0.6 is 27.5 Å². The first-order chi connectivity index (χ1) is 6.18. The van der Waals surface area contributed by atoms with Crippen LogP contribution in [0.3, 0.4) is 0 Å². The number of rotatable bonds is 2. The molecule has 1 unspecified atom stereocenters. The molecule has 0 amide bonds. The van der Waals surface area contributed by atoms with Crippen molar-refractivity contribution < 1.29 is 0 Å². The first kappa shape index (κ1) is 9.50. The molecule has 1 aromatic rings. The maximum atomic E-state index is 6.08. The summed E-state index contributed by atoms with van der Waals surface area (Å²) in [6.07, 6.45) is 2.52. The Balaban J connectivity index is 2.28. The molecule has 0 saturated heterocycles. The Bertz CT molecular complexity index is 323. The predicted molar refractivity (Wildman–Crippen MR) is 58.8 cm³/mol. The van der Waals surface area contributed by atoms with Crippen LogP contribution in [-0.4, -0.2) is 0 Å². The quantitative estimate of drug-likeness (QED) is 0.865. The van der Waals surface area contributed by atoms with E-state index in [0.29, 0.717) is 5.92 Å². The molecule has 3 heteroatoms. The number of nitrogens with two attached hydrogens (primary N) is 1. The van der Waals surface area contributed by atoms with E-state index in [9.17, 15) is 0 Å². The van der Waals surface area contributed by atoms with E-state index in [1.165, 1.54) is 18.4 Å². The molecule has 1 saturated carbocycles. The molecule has 2 N–H and O–H groups in total. The molecule has 1 aliphatic rings. The van der Waals surface area contributed by atoms with Gasteiger partial charge in [0.15, 0.2) is 0 Å². The van der Waals surface area contributed by atoms with Crippen LogP contribution < -0.4 is 5.73 Å². The summed E-state index contributed by atoms with van der Waals surface area (Å²) in [5.74, 6) is 0.678. The maximum absolute atomic E-state index is 6.08. The summed E-state index contributed by atoms with van der Waals surface area (Å²) < 4.78 is 1.03. The summed E-state index contributed by atoms with van der Waals surface area (Å²) in [7, 11) is 0. The van der Waals surface area contributed by atoms with Gasteiger partial charge in [0.2, 0.25) is 0 Å². The Morgan fingerprint density at radius 2 is 2.15 bits per heavy atom. The van der Waals surface area contributed by atoms with Crippen molar-refractivity contribution in [2.24, 2.45) is 11.7 Å². The Hall–Kier alpha value is -0.0500. The highest BCUT2D eigenvalue weighted by Gasteiger charge is 2.30. The minimum absolute atomic E-state index is 0.173. The molecule has 2 rings (SSSR count). The summed E-state index contributed by atoms with van der Waals surface area (Å²) in [6.45, 7) is 0. The van der Waals surface area contributed by atoms with Gasteiger partial charge in [-0.25, -0.2) is 0 Å². The Labute approximate surface area is 91.4 Å². The van der Waals surface area contributed by atoms with Crippen LogP contribution in [0, 0.1) is 5.92 Å². The summed E-state index contributed by atoms with van der Waals surface area (Å²) in [4.78, 5) is 0. The highest BCUT2D eigenvalue weighted by atomic mass is 79.9. The Kier molecular flexibility index (Phi) is 2.63. The van der Waals surface area contributed by atoms with Gasteiger partial charge in [-0.2, -0.15) is 0 Å². The molecule has 0 bridgehead atoms. The average molecular weight is 261 g/mol. The molecular formula is C10H11BrClN. The van der Waals surface area contributed by atoms with Crippen molar-refractivity contribution in [2.75, 3.05) is 0 Å². The Morgan fingerprint density at radius 1 is 1.46 bits per heavy atom. The third kappa shape index (κ3) is 2.06. The monoisotopic (exact) mass is 259 g/mol. The number of benzene rings is 1. The van der Waals surface area contributed by atoms with E-state index in [1.54, 1.807) is 0 Å². The SMILES string of the molecule is NC(c1ccc(Cl)cc1Br)C1CC1. The van der Waals surface area contributed by atoms with Gasteiger partial charge < -0.3 is 5.73 Å². The van der Waals surface area contributed by atoms with Gasteiger partial charge >= 0.3 is 0 Å². The first-order valence-electron chi connectivity index (χ1n) is 4.39. The van der Waals surface area contributed by atoms with E-state index in [2.05, 4.69) is 15.9 Å². The molecule has 13 heavy (non-hydrogen) atoms. The fourth-order valence-electron chi connectivity index (χ4n) is 1.48. The van der Waals surface area contributed by atoms with Crippen LogP contribution in [0.1, 0.15) is 24.4 Å². The molecule has 0 aromatic heterocycles. The van der Waals surface area contributed by atoms with E-state index >= 15 is 0 Å². The minimum Gasteiger partial charge on any atom is -0.324 e. The molecule has 0 spiro atoms. The van der Waals surface area contributed by atoms with E-state index < -0.39 is 0 Å². The highest BCUT2D eigenvalue weighted by molar-refractivity contribution is 9.10. The molecule has 0 heterocycles. The van der Waals surface area contributed by atoms with Gasteiger partial charge in [-0.15, -0.1) is 0 Å². The van der Waals surface area contributed by atoms with Gasteiger partial charge in [0.1, 0.15) is 0 Å². The molecule has 0 aliphatic heterocycles. The van der Waals surface area contributed by atoms with E-state index in [4.69, 9.17) is 17.3 Å². The lowest BCUT2D eigenvalue weighted by Gasteiger charge is -2.12. The molecule has 1 fully saturated rings. The third-order valence-electron chi connectivity index (χ3n) is 2.45. The average Bonchev–Trinajstić information content (AvgIpc) is 2.85. The summed E-state index contributed by atoms with van der Waals surface area (Å²) in [5, 5.41) is 0.749. The zero-order chi connectivity index (χ0) is 9.42. The van der Waals surface area contributed by atoms with E-state index in [1.807, 2.05) is 18.2 Å². The lowest BCUT2D eigenvalue weighted by molar-refractivity contribution is 0.631. The van der Waals surface area contributed by atoms with Gasteiger partial charge in [0.05, 0.1) is 0 Å². The topological polar surface area (TPSA) is 26.0 Å². The standard InChI is InChI=1S/C10H11BrClN/c11-9-5-7(12)3-4-8(9)10(13)6-1-2-6/h3-6,10H,1-2,13H2. The summed E-state index contributed by atoms with van der Waals surface area (Å²) in [6, 6.07) is 5.98. The zero-order valence-electron chi connectivity index (χ0n) is 7.13. The van der Waals surface area contributed by atoms with Crippen LogP contribution in [0.2, 0.25) is 5.02 Å². The van der Waals surface area contributed by atoms with Crippen molar-refractivity contribution in [3.63, 3.8) is 0 Å². The van der Waals surface area contributed by atoms with Crippen LogP contribution in [0.4, 0.5) is 0 Å². The molecule has 0 radical (unpaired) electrons. The molecule has 1 nitrogen and oxygen atoms in total. The van der Waals surface area contributed by atoms with E-state index in [0.717, 1.165) is 9.50 Å². The molecule has 1 atom stereocenters. The lowest BCUT2D eigenvalue weighted by Crippen LogP contribution is -2.12. The smallest absolute Gasteiger partial charge is 0.0417 e. The van der Waals surface area contributed by atoms with Crippen molar-refractivity contribution >= 4 is 27.5 Å². The van der Waals surface area contributed by atoms with Crippen LogP contribution in [0.25, 0.3) is 0 Å². The van der Waals surface area contributed by atoms with Crippen LogP contribution in [-0.2, 0) is 0 Å². The van der Waals surface area contributed by atoms with Gasteiger partial charge in [0.25, 0.3) is 0 Å².